The molecule has 39 heavy (non-hydrogen) atoms. The van der Waals surface area contributed by atoms with Gasteiger partial charge in [-0.15, -0.1) is 23.2 Å². The third kappa shape index (κ3) is 3.76. The molecule has 0 unspecified atom stereocenters. The van der Waals surface area contributed by atoms with E-state index in [1.807, 2.05) is 0 Å². The molecular formula is C23H11Cl8N3O5. The van der Waals surface area contributed by atoms with E-state index in [1.165, 1.54) is 36.4 Å². The number of amides is 3. The molecule has 0 N–H and O–H groups in total. The van der Waals surface area contributed by atoms with Gasteiger partial charge in [-0.25, -0.2) is 5.01 Å². The van der Waals surface area contributed by atoms with Crippen LogP contribution in [0.25, 0.3) is 0 Å². The van der Waals surface area contributed by atoms with Gasteiger partial charge in [-0.3, -0.25) is 24.5 Å². The average Bonchev–Trinajstić information content (AvgIpc) is 3.26. The van der Waals surface area contributed by atoms with Gasteiger partial charge in [0, 0.05) is 21.7 Å². The smallest absolute Gasteiger partial charge is 0.272 e. The molecule has 16 heteroatoms. The third-order valence-electron chi connectivity index (χ3n) is 7.02. The van der Waals surface area contributed by atoms with Crippen LogP contribution in [0.15, 0.2) is 52.5 Å². The molecule has 2 bridgehead atoms. The standard InChI is InChI=1S/C23H11Cl8N3O5/c24-11-4-1-9(2-5-11)18(35)32(8-10-3-6-12(25)7-13(10)34(38)39)33-19(36)14-15(20(33)37)22(29)17(27)16(26)21(14,28)23(22,30)31/h1-7,14-15H,8H2/t14-,15+,21-,22-/m1/s1. The number of allylic oxidation sites excluding steroid dienone is 2. The Morgan fingerprint density at radius 1 is 0.872 bits per heavy atom. The van der Waals surface area contributed by atoms with Crippen LogP contribution in [0, 0.1) is 22.0 Å². The molecule has 204 valence electrons. The van der Waals surface area contributed by atoms with Gasteiger partial charge in [0.2, 0.25) is 0 Å². The monoisotopic (exact) mass is 689 g/mol. The van der Waals surface area contributed by atoms with Gasteiger partial charge in [0.05, 0.1) is 38.9 Å². The van der Waals surface area contributed by atoms with Crippen molar-refractivity contribution in [3.63, 3.8) is 0 Å². The van der Waals surface area contributed by atoms with Gasteiger partial charge in [0.1, 0.15) is 9.75 Å². The van der Waals surface area contributed by atoms with Crippen LogP contribution in [-0.4, -0.2) is 46.7 Å². The zero-order chi connectivity index (χ0) is 28.8. The number of hydrazine groups is 1. The summed E-state index contributed by atoms with van der Waals surface area (Å²) in [5.74, 6) is -5.92. The van der Waals surface area contributed by atoms with Crippen LogP contribution >= 0.6 is 92.8 Å². The van der Waals surface area contributed by atoms with E-state index < -0.39 is 60.8 Å². The van der Waals surface area contributed by atoms with Gasteiger partial charge in [0.15, 0.2) is 4.33 Å². The second kappa shape index (κ2) is 9.53. The zero-order valence-corrected chi connectivity index (χ0v) is 24.9. The number of nitro groups is 1. The SMILES string of the molecule is O=C(c1ccc(Cl)cc1)N(Cc1ccc(Cl)cc1[N+](=O)[O-])N1C(=O)[C@@H]2[C@H](C1=O)[C@@]1(Cl)C(Cl)=C(Cl)[C@@]2(Cl)C1(Cl)Cl. The molecule has 1 aliphatic heterocycles. The Morgan fingerprint density at radius 3 is 1.85 bits per heavy atom. The predicted octanol–water partition coefficient (Wildman–Crippen LogP) is 6.91. The van der Waals surface area contributed by atoms with E-state index in [2.05, 4.69) is 0 Å². The maximum atomic E-state index is 13.9. The first kappa shape index (κ1) is 29.0. The fourth-order valence-electron chi connectivity index (χ4n) is 5.20. The summed E-state index contributed by atoms with van der Waals surface area (Å²) in [6, 6.07) is 9.27. The first-order chi connectivity index (χ1) is 18.1. The summed E-state index contributed by atoms with van der Waals surface area (Å²) in [7, 11) is 0. The summed E-state index contributed by atoms with van der Waals surface area (Å²) in [6.45, 7) is -0.599. The van der Waals surface area contributed by atoms with Crippen molar-refractivity contribution in [1.82, 2.24) is 10.0 Å². The number of carbonyl (C=O) groups is 3. The lowest BCUT2D eigenvalue weighted by Crippen LogP contribution is -2.55. The largest absolute Gasteiger partial charge is 0.275 e. The molecule has 2 aromatic carbocycles. The maximum absolute atomic E-state index is 13.9. The molecule has 4 atom stereocenters. The third-order valence-corrected chi connectivity index (χ3v) is 11.8. The lowest BCUT2D eigenvalue weighted by atomic mass is 9.84. The molecule has 2 aromatic rings. The van der Waals surface area contributed by atoms with Crippen LogP contribution in [0.5, 0.6) is 0 Å². The quantitative estimate of drug-likeness (QED) is 0.147. The number of benzene rings is 2. The summed E-state index contributed by atoms with van der Waals surface area (Å²) in [5, 5.41) is 12.8. The van der Waals surface area contributed by atoms with Crippen molar-refractivity contribution in [2.75, 3.05) is 0 Å². The number of fused-ring (bicyclic) bond motifs is 5. The van der Waals surface area contributed by atoms with Crippen molar-refractivity contribution in [3.05, 3.63) is 83.8 Å². The summed E-state index contributed by atoms with van der Waals surface area (Å²) in [4.78, 5) is 48.4. The van der Waals surface area contributed by atoms with E-state index >= 15 is 0 Å². The highest BCUT2D eigenvalue weighted by Crippen LogP contribution is 2.77. The Morgan fingerprint density at radius 2 is 1.36 bits per heavy atom. The average molecular weight is 693 g/mol. The lowest BCUT2D eigenvalue weighted by molar-refractivity contribution is -0.385. The Balaban J connectivity index is 1.65. The van der Waals surface area contributed by atoms with Crippen molar-refractivity contribution >= 4 is 116 Å². The molecule has 1 saturated heterocycles. The molecule has 8 nitrogen and oxygen atoms in total. The van der Waals surface area contributed by atoms with Crippen molar-refractivity contribution in [1.29, 1.82) is 0 Å². The van der Waals surface area contributed by atoms with Crippen LogP contribution in [0.3, 0.4) is 0 Å². The fourth-order valence-corrected chi connectivity index (χ4v) is 8.42. The Kier molecular flexibility index (Phi) is 7.09. The number of carbonyl (C=O) groups excluding carboxylic acids is 3. The highest BCUT2D eigenvalue weighted by molar-refractivity contribution is 6.66. The van der Waals surface area contributed by atoms with Gasteiger partial charge in [-0.2, -0.15) is 5.01 Å². The zero-order valence-electron chi connectivity index (χ0n) is 18.8. The molecule has 3 amide bonds. The van der Waals surface area contributed by atoms with E-state index in [0.29, 0.717) is 10.0 Å². The van der Waals surface area contributed by atoms with E-state index in [9.17, 15) is 24.5 Å². The van der Waals surface area contributed by atoms with Crippen molar-refractivity contribution in [3.8, 4) is 0 Å². The second-order valence-electron chi connectivity index (χ2n) is 8.97. The molecule has 2 fully saturated rings. The van der Waals surface area contributed by atoms with Gasteiger partial charge in [-0.05, 0) is 36.4 Å². The Labute approximate surface area is 260 Å². The first-order valence-corrected chi connectivity index (χ1v) is 13.8. The van der Waals surface area contributed by atoms with E-state index in [1.54, 1.807) is 0 Å². The fraction of sp³-hybridized carbons (Fsp3) is 0.261. The first-order valence-electron chi connectivity index (χ1n) is 10.8. The molecule has 0 aromatic heterocycles. The lowest BCUT2D eigenvalue weighted by Gasteiger charge is -2.37. The van der Waals surface area contributed by atoms with E-state index in [-0.39, 0.29) is 26.2 Å². The predicted molar refractivity (Wildman–Crippen MR) is 149 cm³/mol. The number of hydrogen-bond acceptors (Lipinski definition) is 5. The summed E-state index contributed by atoms with van der Waals surface area (Å²) < 4.78 is -2.18. The minimum absolute atomic E-state index is 0.0102. The van der Waals surface area contributed by atoms with Crippen LogP contribution in [0.1, 0.15) is 15.9 Å². The molecule has 0 radical (unpaired) electrons. The maximum Gasteiger partial charge on any atom is 0.275 e. The summed E-state index contributed by atoms with van der Waals surface area (Å²) in [5.41, 5.74) is -0.477. The van der Waals surface area contributed by atoms with Crippen LogP contribution in [0.4, 0.5) is 5.69 Å². The van der Waals surface area contributed by atoms with Crippen molar-refractivity contribution < 1.29 is 19.3 Å². The second-order valence-corrected chi connectivity index (χ2v) is 13.1. The van der Waals surface area contributed by atoms with Crippen LogP contribution < -0.4 is 0 Å². The molecule has 3 aliphatic rings. The van der Waals surface area contributed by atoms with Crippen LogP contribution in [0.2, 0.25) is 10.0 Å². The Hall–Kier alpha value is -1.49. The molecule has 5 rings (SSSR count). The molecule has 1 heterocycles. The van der Waals surface area contributed by atoms with Gasteiger partial charge in [-0.1, -0.05) is 69.6 Å². The Bertz CT molecular complexity index is 1470. The normalized spacial score (nSPS) is 28.8. The van der Waals surface area contributed by atoms with Crippen molar-refractivity contribution in [2.24, 2.45) is 11.8 Å². The highest BCUT2D eigenvalue weighted by Gasteiger charge is 2.88. The molecule has 0 spiro atoms. The van der Waals surface area contributed by atoms with Crippen molar-refractivity contribution in [2.45, 2.75) is 20.6 Å². The molecule has 1 saturated carbocycles. The summed E-state index contributed by atoms with van der Waals surface area (Å²) in [6.07, 6.45) is 0. The number of nitrogens with zero attached hydrogens (tertiary/aromatic N) is 3. The number of nitro benzene ring substituents is 1. The van der Waals surface area contributed by atoms with Gasteiger partial charge >= 0.3 is 0 Å². The highest BCUT2D eigenvalue weighted by atomic mass is 35.5. The van der Waals surface area contributed by atoms with Gasteiger partial charge in [0.25, 0.3) is 23.4 Å². The molecular weight excluding hydrogens is 682 g/mol. The minimum atomic E-state index is -2.18. The van der Waals surface area contributed by atoms with E-state index in [4.69, 9.17) is 92.8 Å². The number of alkyl halides is 4. The van der Waals surface area contributed by atoms with E-state index in [0.717, 1.165) is 11.1 Å². The number of hydrogen-bond donors (Lipinski definition) is 0. The number of halogens is 8. The minimum Gasteiger partial charge on any atom is -0.272 e. The summed E-state index contributed by atoms with van der Waals surface area (Å²) >= 11 is 51.2. The number of imide groups is 1. The topological polar surface area (TPSA) is 101 Å². The number of rotatable bonds is 5. The molecule has 2 aliphatic carbocycles. The van der Waals surface area contributed by atoms with Gasteiger partial charge < -0.3 is 0 Å². The van der Waals surface area contributed by atoms with Crippen LogP contribution in [-0.2, 0) is 16.1 Å².